The highest BCUT2D eigenvalue weighted by molar-refractivity contribution is 5.97. The highest BCUT2D eigenvalue weighted by atomic mass is 16.2. The summed E-state index contributed by atoms with van der Waals surface area (Å²) >= 11 is 0. The third kappa shape index (κ3) is 3.67. The minimum Gasteiger partial charge on any atom is -0.324 e. The van der Waals surface area contributed by atoms with Gasteiger partial charge in [0, 0.05) is 23.2 Å². The van der Waals surface area contributed by atoms with Gasteiger partial charge in [0.1, 0.15) is 6.04 Å². The number of rotatable bonds is 5. The molecule has 27 heavy (non-hydrogen) atoms. The van der Waals surface area contributed by atoms with Crippen LogP contribution < -0.4 is 10.9 Å². The van der Waals surface area contributed by atoms with Crippen molar-refractivity contribution < 1.29 is 4.79 Å². The molecule has 1 heterocycles. The van der Waals surface area contributed by atoms with Crippen LogP contribution >= 0.6 is 0 Å². The average molecular weight is 359 g/mol. The maximum atomic E-state index is 12.8. The van der Waals surface area contributed by atoms with Gasteiger partial charge in [0.05, 0.1) is 5.69 Å². The van der Waals surface area contributed by atoms with Crippen molar-refractivity contribution in [2.75, 3.05) is 5.32 Å². The lowest BCUT2D eigenvalue weighted by molar-refractivity contribution is -0.119. The van der Waals surface area contributed by atoms with Crippen molar-refractivity contribution in [1.29, 1.82) is 0 Å². The van der Waals surface area contributed by atoms with Crippen LogP contribution in [0.5, 0.6) is 0 Å². The van der Waals surface area contributed by atoms with E-state index in [1.807, 2.05) is 54.6 Å². The monoisotopic (exact) mass is 359 g/mol. The van der Waals surface area contributed by atoms with Crippen molar-refractivity contribution in [2.45, 2.75) is 31.7 Å². The molecule has 1 amide bonds. The Labute approximate surface area is 157 Å². The van der Waals surface area contributed by atoms with Crippen LogP contribution in [0.1, 0.15) is 37.4 Å². The number of hydrogen-bond acceptors (Lipinski definition) is 3. The van der Waals surface area contributed by atoms with E-state index in [1.54, 1.807) is 13.0 Å². The largest absolute Gasteiger partial charge is 0.324 e. The van der Waals surface area contributed by atoms with Gasteiger partial charge in [-0.2, -0.15) is 5.10 Å². The van der Waals surface area contributed by atoms with Crippen molar-refractivity contribution in [3.8, 4) is 11.1 Å². The number of carbonyl (C=O) groups excluding carboxylic acids is 1. The second kappa shape index (κ2) is 7.19. The summed E-state index contributed by atoms with van der Waals surface area (Å²) in [5, 5.41) is 7.38. The number of carbonyl (C=O) groups is 1. The lowest BCUT2D eigenvalue weighted by atomic mass is 10.0. The fraction of sp³-hybridized carbons (Fsp3) is 0.227. The molecule has 1 N–H and O–H groups in total. The molecule has 1 aliphatic carbocycles. The number of nitrogens with zero attached hydrogens (tertiary/aromatic N) is 2. The Morgan fingerprint density at radius 1 is 1.04 bits per heavy atom. The summed E-state index contributed by atoms with van der Waals surface area (Å²) in [5.74, 6) is 0.159. The van der Waals surface area contributed by atoms with E-state index in [9.17, 15) is 9.59 Å². The molecule has 1 aliphatic rings. The van der Waals surface area contributed by atoms with Gasteiger partial charge in [-0.25, -0.2) is 4.68 Å². The van der Waals surface area contributed by atoms with Gasteiger partial charge in [0.15, 0.2) is 0 Å². The highest BCUT2D eigenvalue weighted by Gasteiger charge is 2.27. The normalized spacial score (nSPS) is 14.6. The molecule has 1 saturated carbocycles. The number of benzene rings is 2. The van der Waals surface area contributed by atoms with Gasteiger partial charge in [0.2, 0.25) is 5.91 Å². The summed E-state index contributed by atoms with van der Waals surface area (Å²) in [5.41, 5.74) is 3.29. The number of anilines is 1. The number of para-hydroxylation sites is 1. The van der Waals surface area contributed by atoms with Crippen molar-refractivity contribution in [1.82, 2.24) is 9.78 Å². The molecule has 0 spiro atoms. The molecule has 5 heteroatoms. The van der Waals surface area contributed by atoms with Crippen molar-refractivity contribution in [3.05, 3.63) is 82.8 Å². The highest BCUT2D eigenvalue weighted by Crippen LogP contribution is 2.38. The molecule has 3 aromatic rings. The summed E-state index contributed by atoms with van der Waals surface area (Å²) in [6, 6.07) is 20.1. The Morgan fingerprint density at radius 2 is 1.74 bits per heavy atom. The number of aromatic nitrogens is 2. The molecule has 0 saturated heterocycles. The van der Waals surface area contributed by atoms with E-state index in [0.717, 1.165) is 29.7 Å². The van der Waals surface area contributed by atoms with Crippen LogP contribution in [0.4, 0.5) is 5.69 Å². The first-order valence-electron chi connectivity index (χ1n) is 9.18. The molecule has 1 fully saturated rings. The number of nitrogens with one attached hydrogen (secondary N) is 1. The maximum absolute atomic E-state index is 12.8. The zero-order chi connectivity index (χ0) is 18.8. The molecule has 2 aromatic carbocycles. The zero-order valence-corrected chi connectivity index (χ0v) is 15.1. The van der Waals surface area contributed by atoms with Crippen molar-refractivity contribution in [2.24, 2.45) is 0 Å². The fourth-order valence-electron chi connectivity index (χ4n) is 3.12. The van der Waals surface area contributed by atoms with Gasteiger partial charge in [-0.15, -0.1) is 0 Å². The molecule has 1 atom stereocenters. The molecule has 1 aromatic heterocycles. The Morgan fingerprint density at radius 3 is 2.48 bits per heavy atom. The summed E-state index contributed by atoms with van der Waals surface area (Å²) in [6.45, 7) is 1.70. The second-order valence-corrected chi connectivity index (χ2v) is 6.89. The first-order valence-corrected chi connectivity index (χ1v) is 9.18. The minimum absolute atomic E-state index is 0.263. The smallest absolute Gasteiger partial charge is 0.267 e. The van der Waals surface area contributed by atoms with E-state index in [4.69, 9.17) is 0 Å². The molecule has 0 bridgehead atoms. The summed E-state index contributed by atoms with van der Waals surface area (Å²) < 4.78 is 1.29. The molecule has 0 radical (unpaired) electrons. The summed E-state index contributed by atoms with van der Waals surface area (Å²) in [4.78, 5) is 25.1. The molecule has 0 aliphatic heterocycles. The lowest BCUT2D eigenvalue weighted by Gasteiger charge is -2.17. The lowest BCUT2D eigenvalue weighted by Crippen LogP contribution is -2.33. The van der Waals surface area contributed by atoms with E-state index in [0.29, 0.717) is 11.6 Å². The first kappa shape index (κ1) is 17.2. The Balaban J connectivity index is 1.60. The zero-order valence-electron chi connectivity index (χ0n) is 15.1. The van der Waals surface area contributed by atoms with Crippen LogP contribution in [0.25, 0.3) is 11.1 Å². The second-order valence-electron chi connectivity index (χ2n) is 6.89. The van der Waals surface area contributed by atoms with Crippen LogP contribution in [0.15, 0.2) is 71.5 Å². The summed E-state index contributed by atoms with van der Waals surface area (Å²) in [7, 11) is 0. The van der Waals surface area contributed by atoms with Crippen molar-refractivity contribution in [3.63, 3.8) is 0 Å². The van der Waals surface area contributed by atoms with Gasteiger partial charge in [-0.3, -0.25) is 9.59 Å². The first-order chi connectivity index (χ1) is 13.1. The molecular weight excluding hydrogens is 338 g/mol. The number of hydrogen-bond donors (Lipinski definition) is 1. The quantitative estimate of drug-likeness (QED) is 0.749. The summed E-state index contributed by atoms with van der Waals surface area (Å²) in [6.07, 6.45) is 2.19. The van der Waals surface area contributed by atoms with Crippen LogP contribution in [-0.4, -0.2) is 15.7 Å². The van der Waals surface area contributed by atoms with E-state index in [1.165, 1.54) is 10.7 Å². The van der Waals surface area contributed by atoms with E-state index in [-0.39, 0.29) is 11.5 Å². The van der Waals surface area contributed by atoms with Gasteiger partial charge in [-0.05, 0) is 37.5 Å². The third-order valence-corrected chi connectivity index (χ3v) is 4.86. The molecular formula is C22H21N3O2. The molecule has 5 nitrogen and oxygen atoms in total. The minimum atomic E-state index is -0.694. The molecule has 1 unspecified atom stereocenters. The van der Waals surface area contributed by atoms with Crippen LogP contribution in [-0.2, 0) is 4.79 Å². The molecule has 4 rings (SSSR count). The van der Waals surface area contributed by atoms with Gasteiger partial charge < -0.3 is 5.32 Å². The number of amides is 1. The van der Waals surface area contributed by atoms with E-state index >= 15 is 0 Å². The third-order valence-electron chi connectivity index (χ3n) is 4.86. The Kier molecular flexibility index (Phi) is 4.59. The standard InChI is InChI=1S/C22H21N3O2/c1-15(25-21(26)14-13-19(24-25)17-11-12-17)22(27)23-20-10-6-5-9-18(20)16-7-3-2-4-8-16/h2-10,13-15,17H,11-12H2,1H3,(H,23,27). The SMILES string of the molecule is CC(C(=O)Nc1ccccc1-c1ccccc1)n1nc(C2CC2)ccc1=O. The van der Waals surface area contributed by atoms with Gasteiger partial charge >= 0.3 is 0 Å². The van der Waals surface area contributed by atoms with Gasteiger partial charge in [0.25, 0.3) is 5.56 Å². The van der Waals surface area contributed by atoms with E-state index in [2.05, 4.69) is 10.4 Å². The topological polar surface area (TPSA) is 64.0 Å². The predicted octanol–water partition coefficient (Wildman–Crippen LogP) is 3.99. The van der Waals surface area contributed by atoms with Crippen LogP contribution in [0, 0.1) is 0 Å². The van der Waals surface area contributed by atoms with Gasteiger partial charge in [-0.1, -0.05) is 48.5 Å². The molecule has 136 valence electrons. The van der Waals surface area contributed by atoms with Crippen LogP contribution in [0.2, 0.25) is 0 Å². The van der Waals surface area contributed by atoms with E-state index < -0.39 is 6.04 Å². The maximum Gasteiger partial charge on any atom is 0.267 e. The van der Waals surface area contributed by atoms with Crippen LogP contribution in [0.3, 0.4) is 0 Å². The van der Waals surface area contributed by atoms with Crippen molar-refractivity contribution >= 4 is 11.6 Å². The Bertz CT molecular complexity index is 1020. The predicted molar refractivity (Wildman–Crippen MR) is 106 cm³/mol. The Hall–Kier alpha value is -3.21. The fourth-order valence-corrected chi connectivity index (χ4v) is 3.12. The average Bonchev–Trinajstić information content (AvgIpc) is 3.54.